The number of carbonyl (C=O) groups excluding carboxylic acids is 1. The van der Waals surface area contributed by atoms with Gasteiger partial charge in [0.25, 0.3) is 5.91 Å². The van der Waals surface area contributed by atoms with Gasteiger partial charge in [0.2, 0.25) is 0 Å². The normalized spacial score (nSPS) is 25.7. The van der Waals surface area contributed by atoms with Crippen molar-refractivity contribution < 1.29 is 9.53 Å². The van der Waals surface area contributed by atoms with E-state index >= 15 is 0 Å². The number of imidazole rings is 1. The molecule has 1 amide bonds. The molecular weight excluding hydrogens is 316 g/mol. The monoisotopic (exact) mass is 340 g/mol. The minimum atomic E-state index is 0.0420. The number of likely N-dealkylation sites (tertiary alicyclic amines) is 1. The summed E-state index contributed by atoms with van der Waals surface area (Å²) in [5, 5.41) is 3.50. The summed E-state index contributed by atoms with van der Waals surface area (Å²) in [6.07, 6.45) is 4.50. The van der Waals surface area contributed by atoms with Crippen LogP contribution in [0.3, 0.4) is 0 Å². The van der Waals surface area contributed by atoms with E-state index in [1.54, 1.807) is 17.9 Å². The van der Waals surface area contributed by atoms with Crippen molar-refractivity contribution in [2.45, 2.75) is 18.4 Å². The van der Waals surface area contributed by atoms with E-state index in [2.05, 4.69) is 22.4 Å². The SMILES string of the molecule is COc1ccc([C@H]2CN(C(=O)c3nccn3C)[C@@H]3CCNC[C@H]23)cc1. The summed E-state index contributed by atoms with van der Waals surface area (Å²) in [5.74, 6) is 2.20. The highest BCUT2D eigenvalue weighted by Crippen LogP contribution is 2.40. The maximum absolute atomic E-state index is 13.1. The predicted octanol–water partition coefficient (Wildman–Crippen LogP) is 1.65. The molecule has 2 aromatic rings. The van der Waals surface area contributed by atoms with E-state index in [0.717, 1.165) is 31.8 Å². The third-order valence-corrected chi connectivity index (χ3v) is 5.62. The second-order valence-electron chi connectivity index (χ2n) is 6.92. The second kappa shape index (κ2) is 6.52. The van der Waals surface area contributed by atoms with E-state index in [9.17, 15) is 4.79 Å². The molecule has 6 nitrogen and oxygen atoms in total. The van der Waals surface area contributed by atoms with Crippen molar-refractivity contribution in [1.29, 1.82) is 0 Å². The molecular formula is C19H24N4O2. The van der Waals surface area contributed by atoms with Gasteiger partial charge in [-0.1, -0.05) is 12.1 Å². The maximum atomic E-state index is 13.1. The molecule has 0 aliphatic carbocycles. The Morgan fingerprint density at radius 1 is 1.32 bits per heavy atom. The molecule has 1 aromatic carbocycles. The van der Waals surface area contributed by atoms with Gasteiger partial charge in [-0.25, -0.2) is 4.98 Å². The number of fused-ring (bicyclic) bond motifs is 1. The van der Waals surface area contributed by atoms with Gasteiger partial charge in [0, 0.05) is 50.4 Å². The Morgan fingerprint density at radius 3 is 2.80 bits per heavy atom. The van der Waals surface area contributed by atoms with Crippen LogP contribution in [0.1, 0.15) is 28.5 Å². The smallest absolute Gasteiger partial charge is 0.290 e. The van der Waals surface area contributed by atoms with Gasteiger partial charge < -0.3 is 19.5 Å². The van der Waals surface area contributed by atoms with Gasteiger partial charge >= 0.3 is 0 Å². The average molecular weight is 340 g/mol. The van der Waals surface area contributed by atoms with Crippen LogP contribution in [-0.2, 0) is 7.05 Å². The number of carbonyl (C=O) groups is 1. The van der Waals surface area contributed by atoms with Crippen molar-refractivity contribution in [2.24, 2.45) is 13.0 Å². The van der Waals surface area contributed by atoms with Gasteiger partial charge in [-0.05, 0) is 30.7 Å². The van der Waals surface area contributed by atoms with E-state index in [1.165, 1.54) is 5.56 Å². The van der Waals surface area contributed by atoms with Crippen LogP contribution in [0, 0.1) is 5.92 Å². The fraction of sp³-hybridized carbons (Fsp3) is 0.474. The van der Waals surface area contributed by atoms with Gasteiger partial charge in [0.05, 0.1) is 7.11 Å². The number of nitrogens with zero attached hydrogens (tertiary/aromatic N) is 3. The lowest BCUT2D eigenvalue weighted by atomic mass is 9.82. The van der Waals surface area contributed by atoms with E-state index in [-0.39, 0.29) is 11.9 Å². The number of aryl methyl sites for hydroxylation is 1. The minimum absolute atomic E-state index is 0.0420. The van der Waals surface area contributed by atoms with Crippen LogP contribution in [-0.4, -0.2) is 53.1 Å². The van der Waals surface area contributed by atoms with E-state index in [4.69, 9.17) is 4.74 Å². The van der Waals surface area contributed by atoms with Crippen molar-refractivity contribution in [3.63, 3.8) is 0 Å². The van der Waals surface area contributed by atoms with Crippen LogP contribution in [0.5, 0.6) is 5.75 Å². The topological polar surface area (TPSA) is 59.4 Å². The third kappa shape index (κ3) is 2.80. The number of amides is 1. The molecule has 2 aliphatic heterocycles. The molecule has 3 heterocycles. The van der Waals surface area contributed by atoms with Crippen LogP contribution in [0.4, 0.5) is 0 Å². The molecule has 2 saturated heterocycles. The standard InChI is InChI=1S/C19H24N4O2/c1-22-10-9-21-18(22)19(24)23-12-16(15-11-20-8-7-17(15)23)13-3-5-14(25-2)6-4-13/h3-6,9-10,15-17,20H,7-8,11-12H2,1-2H3/t15-,16-,17-/m1/s1. The van der Waals surface area contributed by atoms with Crippen LogP contribution in [0.25, 0.3) is 0 Å². The van der Waals surface area contributed by atoms with Gasteiger partial charge in [-0.2, -0.15) is 0 Å². The maximum Gasteiger partial charge on any atom is 0.290 e. The lowest BCUT2D eigenvalue weighted by Gasteiger charge is -2.32. The van der Waals surface area contributed by atoms with Gasteiger partial charge in [-0.3, -0.25) is 4.79 Å². The Morgan fingerprint density at radius 2 is 2.12 bits per heavy atom. The Bertz CT molecular complexity index is 755. The number of piperidine rings is 1. The van der Waals surface area contributed by atoms with Crippen molar-refractivity contribution in [3.8, 4) is 5.75 Å². The van der Waals surface area contributed by atoms with Crippen molar-refractivity contribution in [1.82, 2.24) is 19.8 Å². The molecule has 0 unspecified atom stereocenters. The predicted molar refractivity (Wildman–Crippen MR) is 94.7 cm³/mol. The molecule has 1 aromatic heterocycles. The summed E-state index contributed by atoms with van der Waals surface area (Å²) in [6, 6.07) is 8.54. The van der Waals surface area contributed by atoms with Crippen LogP contribution >= 0.6 is 0 Å². The number of aromatic nitrogens is 2. The molecule has 0 radical (unpaired) electrons. The molecule has 2 fully saturated rings. The summed E-state index contributed by atoms with van der Waals surface area (Å²) < 4.78 is 7.08. The quantitative estimate of drug-likeness (QED) is 0.923. The van der Waals surface area contributed by atoms with Gasteiger partial charge in [0.1, 0.15) is 5.75 Å². The number of rotatable bonds is 3. The molecule has 0 saturated carbocycles. The fourth-order valence-electron chi connectivity index (χ4n) is 4.29. The zero-order valence-corrected chi connectivity index (χ0v) is 14.7. The van der Waals surface area contributed by atoms with Crippen LogP contribution < -0.4 is 10.1 Å². The highest BCUT2D eigenvalue weighted by molar-refractivity contribution is 5.91. The molecule has 1 N–H and O–H groups in total. The van der Waals surface area contributed by atoms with Gasteiger partial charge in [0.15, 0.2) is 5.82 Å². The largest absolute Gasteiger partial charge is 0.497 e. The van der Waals surface area contributed by atoms with Crippen molar-refractivity contribution >= 4 is 5.91 Å². The summed E-state index contributed by atoms with van der Waals surface area (Å²) >= 11 is 0. The first kappa shape index (κ1) is 16.1. The Balaban J connectivity index is 1.63. The Hall–Kier alpha value is -2.34. The number of nitrogens with one attached hydrogen (secondary N) is 1. The third-order valence-electron chi connectivity index (χ3n) is 5.62. The first-order chi connectivity index (χ1) is 12.2. The number of hydrogen-bond acceptors (Lipinski definition) is 4. The fourth-order valence-corrected chi connectivity index (χ4v) is 4.29. The lowest BCUT2D eigenvalue weighted by Crippen LogP contribution is -2.46. The molecule has 0 spiro atoms. The lowest BCUT2D eigenvalue weighted by molar-refractivity contribution is 0.0681. The second-order valence-corrected chi connectivity index (χ2v) is 6.92. The van der Waals surface area contributed by atoms with Crippen molar-refractivity contribution in [2.75, 3.05) is 26.7 Å². The molecule has 3 atom stereocenters. The summed E-state index contributed by atoms with van der Waals surface area (Å²) in [4.78, 5) is 19.4. The summed E-state index contributed by atoms with van der Waals surface area (Å²) in [5.41, 5.74) is 1.27. The van der Waals surface area contributed by atoms with Crippen molar-refractivity contribution in [3.05, 3.63) is 48.0 Å². The molecule has 25 heavy (non-hydrogen) atoms. The molecule has 4 rings (SSSR count). The van der Waals surface area contributed by atoms with Gasteiger partial charge in [-0.15, -0.1) is 0 Å². The Kier molecular flexibility index (Phi) is 4.21. The summed E-state index contributed by atoms with van der Waals surface area (Å²) in [7, 11) is 3.55. The summed E-state index contributed by atoms with van der Waals surface area (Å²) in [6.45, 7) is 2.65. The zero-order chi connectivity index (χ0) is 17.4. The molecule has 2 aliphatic rings. The number of benzene rings is 1. The molecule has 6 heteroatoms. The number of methoxy groups -OCH3 is 1. The first-order valence-electron chi connectivity index (χ1n) is 8.82. The highest BCUT2D eigenvalue weighted by Gasteiger charge is 2.46. The van der Waals surface area contributed by atoms with Crippen LogP contribution in [0.2, 0.25) is 0 Å². The average Bonchev–Trinajstić information content (AvgIpc) is 3.25. The van der Waals surface area contributed by atoms with Crippen LogP contribution in [0.15, 0.2) is 36.7 Å². The number of ether oxygens (including phenoxy) is 1. The Labute approximate surface area is 147 Å². The molecule has 132 valence electrons. The highest BCUT2D eigenvalue weighted by atomic mass is 16.5. The van der Waals surface area contributed by atoms with E-state index < -0.39 is 0 Å². The number of hydrogen-bond donors (Lipinski definition) is 1. The minimum Gasteiger partial charge on any atom is -0.497 e. The zero-order valence-electron chi connectivity index (χ0n) is 14.7. The molecule has 0 bridgehead atoms. The first-order valence-corrected chi connectivity index (χ1v) is 8.82. The van der Waals surface area contributed by atoms with E-state index in [0.29, 0.717) is 17.7 Å². The van der Waals surface area contributed by atoms with E-state index in [1.807, 2.05) is 30.3 Å².